The summed E-state index contributed by atoms with van der Waals surface area (Å²) in [7, 11) is 0. The number of aliphatic imine (C=N–C) groups is 1. The van der Waals surface area contributed by atoms with Crippen LogP contribution in [-0.4, -0.2) is 6.72 Å². The fourth-order valence-electron chi connectivity index (χ4n) is 1.73. The van der Waals surface area contributed by atoms with Gasteiger partial charge in [0.05, 0.1) is 0 Å². The van der Waals surface area contributed by atoms with Gasteiger partial charge in [-0.05, 0) is 43.0 Å². The standard InChI is InChI=1S/C14H25N/c1-6-8-13(9-7-2)14(11-15-5)10-12(3)4/h8,11-12H,5-7,9-10H2,1-4H3. The first-order valence-electron chi connectivity index (χ1n) is 5.99. The molecule has 0 aliphatic heterocycles. The number of nitrogens with zero attached hydrogens (tertiary/aromatic N) is 1. The van der Waals surface area contributed by atoms with E-state index in [2.05, 4.69) is 45.5 Å². The van der Waals surface area contributed by atoms with Crippen molar-refractivity contribution in [1.29, 1.82) is 0 Å². The molecule has 0 unspecified atom stereocenters. The lowest BCUT2D eigenvalue weighted by molar-refractivity contribution is 0.639. The summed E-state index contributed by atoms with van der Waals surface area (Å²) in [5.74, 6) is 0.676. The molecule has 1 heteroatoms. The predicted octanol–water partition coefficient (Wildman–Crippen LogP) is 4.75. The Balaban J connectivity index is 4.76. The third kappa shape index (κ3) is 6.27. The van der Waals surface area contributed by atoms with Crippen molar-refractivity contribution in [3.63, 3.8) is 0 Å². The molecule has 0 aliphatic carbocycles. The number of hydrogen-bond donors (Lipinski definition) is 0. The summed E-state index contributed by atoms with van der Waals surface area (Å²) < 4.78 is 0. The van der Waals surface area contributed by atoms with E-state index in [4.69, 9.17) is 0 Å². The third-order valence-corrected chi connectivity index (χ3v) is 2.26. The Kier molecular flexibility index (Phi) is 7.98. The number of rotatable bonds is 7. The number of hydrogen-bond acceptors (Lipinski definition) is 1. The van der Waals surface area contributed by atoms with Crippen LogP contribution < -0.4 is 0 Å². The first-order chi connectivity index (χ1) is 7.15. The van der Waals surface area contributed by atoms with Crippen LogP contribution in [0.25, 0.3) is 0 Å². The van der Waals surface area contributed by atoms with E-state index in [1.165, 1.54) is 17.6 Å². The average molecular weight is 207 g/mol. The molecule has 0 atom stereocenters. The maximum absolute atomic E-state index is 3.92. The zero-order valence-corrected chi connectivity index (χ0v) is 10.7. The lowest BCUT2D eigenvalue weighted by Gasteiger charge is -2.13. The van der Waals surface area contributed by atoms with Crippen molar-refractivity contribution in [2.45, 2.75) is 53.4 Å². The fourth-order valence-corrected chi connectivity index (χ4v) is 1.73. The highest BCUT2D eigenvalue weighted by molar-refractivity contribution is 5.34. The van der Waals surface area contributed by atoms with Crippen LogP contribution in [0.3, 0.4) is 0 Å². The molecule has 0 heterocycles. The van der Waals surface area contributed by atoms with Gasteiger partial charge in [0.25, 0.3) is 0 Å². The van der Waals surface area contributed by atoms with Gasteiger partial charge in [-0.15, -0.1) is 0 Å². The lowest BCUT2D eigenvalue weighted by Crippen LogP contribution is -1.96. The topological polar surface area (TPSA) is 12.4 Å². The van der Waals surface area contributed by atoms with Crippen LogP contribution in [0.2, 0.25) is 0 Å². The largest absolute Gasteiger partial charge is 0.272 e. The van der Waals surface area contributed by atoms with Crippen LogP contribution in [-0.2, 0) is 0 Å². The molecule has 0 aromatic rings. The van der Waals surface area contributed by atoms with Gasteiger partial charge in [-0.25, -0.2) is 0 Å². The van der Waals surface area contributed by atoms with Crippen LogP contribution >= 0.6 is 0 Å². The monoisotopic (exact) mass is 207 g/mol. The number of allylic oxidation sites excluding steroid dienone is 3. The van der Waals surface area contributed by atoms with E-state index in [1.807, 2.05) is 6.20 Å². The quantitative estimate of drug-likeness (QED) is 0.422. The second kappa shape index (κ2) is 8.46. The predicted molar refractivity (Wildman–Crippen MR) is 70.4 cm³/mol. The van der Waals surface area contributed by atoms with E-state index < -0.39 is 0 Å². The Morgan fingerprint density at radius 2 is 1.93 bits per heavy atom. The van der Waals surface area contributed by atoms with E-state index in [0.717, 1.165) is 19.3 Å². The summed E-state index contributed by atoms with van der Waals surface area (Å²) >= 11 is 0. The minimum Gasteiger partial charge on any atom is -0.272 e. The van der Waals surface area contributed by atoms with Crippen LogP contribution in [0.15, 0.2) is 28.4 Å². The summed E-state index contributed by atoms with van der Waals surface area (Å²) in [4.78, 5) is 3.92. The SMILES string of the molecule is C=NC=C(CC(C)C)C(=CCC)CCC. The summed E-state index contributed by atoms with van der Waals surface area (Å²) in [5.41, 5.74) is 2.82. The van der Waals surface area contributed by atoms with E-state index >= 15 is 0 Å². The summed E-state index contributed by atoms with van der Waals surface area (Å²) in [5, 5.41) is 0. The van der Waals surface area contributed by atoms with Gasteiger partial charge in [-0.2, -0.15) is 0 Å². The van der Waals surface area contributed by atoms with E-state index in [0.29, 0.717) is 5.92 Å². The van der Waals surface area contributed by atoms with Crippen LogP contribution in [0.5, 0.6) is 0 Å². The van der Waals surface area contributed by atoms with Crippen molar-refractivity contribution < 1.29 is 0 Å². The van der Waals surface area contributed by atoms with Crippen molar-refractivity contribution in [1.82, 2.24) is 0 Å². The highest BCUT2D eigenvalue weighted by atomic mass is 14.6. The second-order valence-electron chi connectivity index (χ2n) is 4.32. The molecule has 0 aliphatic rings. The molecule has 0 saturated heterocycles. The van der Waals surface area contributed by atoms with Gasteiger partial charge in [-0.1, -0.05) is 40.2 Å². The minimum atomic E-state index is 0.676. The smallest absolute Gasteiger partial charge is 0.0295 e. The van der Waals surface area contributed by atoms with E-state index in [9.17, 15) is 0 Å². The molecule has 0 aromatic heterocycles. The lowest BCUT2D eigenvalue weighted by atomic mass is 9.93. The van der Waals surface area contributed by atoms with Crippen molar-refractivity contribution in [2.75, 3.05) is 0 Å². The highest BCUT2D eigenvalue weighted by Gasteiger charge is 2.06. The van der Waals surface area contributed by atoms with Gasteiger partial charge < -0.3 is 0 Å². The van der Waals surface area contributed by atoms with Gasteiger partial charge in [0.1, 0.15) is 0 Å². The van der Waals surface area contributed by atoms with Gasteiger partial charge in [-0.3, -0.25) is 4.99 Å². The fraction of sp³-hybridized carbons (Fsp3) is 0.643. The normalized spacial score (nSPS) is 13.4. The average Bonchev–Trinajstić information content (AvgIpc) is 2.16. The van der Waals surface area contributed by atoms with Crippen LogP contribution in [0, 0.1) is 5.92 Å². The van der Waals surface area contributed by atoms with Crippen molar-refractivity contribution in [3.8, 4) is 0 Å². The molecule has 0 spiro atoms. The zero-order chi connectivity index (χ0) is 11.7. The van der Waals surface area contributed by atoms with Crippen molar-refractivity contribution in [3.05, 3.63) is 23.4 Å². The molecule has 0 N–H and O–H groups in total. The first kappa shape index (κ1) is 14.2. The molecule has 0 amide bonds. The molecular formula is C14H25N. The van der Waals surface area contributed by atoms with E-state index in [1.54, 1.807) is 0 Å². The second-order valence-corrected chi connectivity index (χ2v) is 4.32. The third-order valence-electron chi connectivity index (χ3n) is 2.26. The maximum atomic E-state index is 3.92. The minimum absolute atomic E-state index is 0.676. The van der Waals surface area contributed by atoms with Gasteiger partial charge in [0.2, 0.25) is 0 Å². The molecule has 1 nitrogen and oxygen atoms in total. The zero-order valence-electron chi connectivity index (χ0n) is 10.7. The van der Waals surface area contributed by atoms with Crippen molar-refractivity contribution in [2.24, 2.45) is 10.9 Å². The molecule has 86 valence electrons. The van der Waals surface area contributed by atoms with E-state index in [-0.39, 0.29) is 0 Å². The summed E-state index contributed by atoms with van der Waals surface area (Å²) in [6.45, 7) is 12.4. The Hall–Kier alpha value is -0.850. The molecule has 0 fully saturated rings. The summed E-state index contributed by atoms with van der Waals surface area (Å²) in [6.07, 6.45) is 8.80. The van der Waals surface area contributed by atoms with Gasteiger partial charge >= 0.3 is 0 Å². The molecule has 0 saturated carbocycles. The molecule has 0 aromatic carbocycles. The summed E-state index contributed by atoms with van der Waals surface area (Å²) in [6, 6.07) is 0. The molecule has 15 heavy (non-hydrogen) atoms. The highest BCUT2D eigenvalue weighted by Crippen LogP contribution is 2.23. The molecule has 0 rings (SSSR count). The van der Waals surface area contributed by atoms with Crippen LogP contribution in [0.1, 0.15) is 53.4 Å². The van der Waals surface area contributed by atoms with Gasteiger partial charge in [0, 0.05) is 6.20 Å². The Morgan fingerprint density at radius 3 is 2.33 bits per heavy atom. The Labute approximate surface area is 95.0 Å². The van der Waals surface area contributed by atoms with Crippen molar-refractivity contribution >= 4 is 6.72 Å². The van der Waals surface area contributed by atoms with Gasteiger partial charge in [0.15, 0.2) is 0 Å². The first-order valence-corrected chi connectivity index (χ1v) is 5.99. The molecule has 0 radical (unpaired) electrons. The Morgan fingerprint density at radius 1 is 1.27 bits per heavy atom. The van der Waals surface area contributed by atoms with Crippen LogP contribution in [0.4, 0.5) is 0 Å². The molecule has 0 bridgehead atoms. The Bertz CT molecular complexity index is 234. The maximum Gasteiger partial charge on any atom is 0.0295 e. The molecular weight excluding hydrogens is 182 g/mol.